The van der Waals surface area contributed by atoms with E-state index in [-0.39, 0.29) is 24.7 Å². The number of rotatable bonds is 6. The lowest BCUT2D eigenvalue weighted by atomic mass is 10.3. The first-order valence-electron chi connectivity index (χ1n) is 6.29. The number of hydrogen-bond acceptors (Lipinski definition) is 7. The van der Waals surface area contributed by atoms with Gasteiger partial charge in [-0.15, -0.1) is 5.10 Å². The quantitative estimate of drug-likeness (QED) is 0.439. The third-order valence-corrected chi connectivity index (χ3v) is 3.47. The lowest BCUT2D eigenvalue weighted by molar-refractivity contribution is -0.146. The predicted octanol–water partition coefficient (Wildman–Crippen LogP) is 0.720. The lowest BCUT2D eigenvalue weighted by Crippen LogP contribution is -2.37. The van der Waals surface area contributed by atoms with E-state index in [4.69, 9.17) is 9.84 Å². The van der Waals surface area contributed by atoms with E-state index in [1.54, 1.807) is 20.8 Å². The minimum atomic E-state index is -1.09. The lowest BCUT2D eigenvalue weighted by Gasteiger charge is -2.14. The first kappa shape index (κ1) is 17.2. The van der Waals surface area contributed by atoms with Crippen LogP contribution in [0.5, 0.6) is 0 Å². The van der Waals surface area contributed by atoms with Gasteiger partial charge in [0.2, 0.25) is 5.91 Å². The highest BCUT2D eigenvalue weighted by Gasteiger charge is 2.40. The number of nitrogens with zero attached hydrogens (tertiary/aromatic N) is 3. The highest BCUT2D eigenvalue weighted by Crippen LogP contribution is 2.29. The van der Waals surface area contributed by atoms with Crippen molar-refractivity contribution >= 4 is 40.5 Å². The number of carboxylic acids is 1. The number of carbonyl (C=O) groups is 3. The fourth-order valence-electron chi connectivity index (χ4n) is 1.50. The minimum absolute atomic E-state index is 0.200. The molecule has 1 atom stereocenters. The summed E-state index contributed by atoms with van der Waals surface area (Å²) in [5, 5.41) is 16.0. The fraction of sp³-hybridized carbons (Fsp3) is 0.583. The van der Waals surface area contributed by atoms with Crippen LogP contribution in [0.3, 0.4) is 0 Å². The molecule has 0 spiro atoms. The molecule has 1 aliphatic rings. The molecule has 21 heavy (non-hydrogen) atoms. The van der Waals surface area contributed by atoms with E-state index in [0.29, 0.717) is 5.71 Å². The van der Waals surface area contributed by atoms with Crippen LogP contribution in [-0.4, -0.2) is 57.1 Å². The second-order valence-electron chi connectivity index (χ2n) is 4.36. The molecular formula is C12H17N3O5S. The van der Waals surface area contributed by atoms with Crippen LogP contribution in [0.2, 0.25) is 0 Å². The zero-order chi connectivity index (χ0) is 16.0. The van der Waals surface area contributed by atoms with Crippen LogP contribution in [0.4, 0.5) is 0 Å². The molecule has 1 rings (SSSR count). The molecule has 0 radical (unpaired) electrons. The van der Waals surface area contributed by atoms with E-state index in [1.165, 1.54) is 0 Å². The SMILES string of the molecule is CCOC(=O)CN1C(=O)C(CC(=O)O)SC1=NN=C(C)C. The smallest absolute Gasteiger partial charge is 0.326 e. The van der Waals surface area contributed by atoms with Crippen LogP contribution >= 0.6 is 11.8 Å². The summed E-state index contributed by atoms with van der Waals surface area (Å²) in [6.07, 6.45) is -0.337. The van der Waals surface area contributed by atoms with Gasteiger partial charge in [-0.3, -0.25) is 19.3 Å². The minimum Gasteiger partial charge on any atom is -0.481 e. The van der Waals surface area contributed by atoms with Gasteiger partial charge < -0.3 is 9.84 Å². The van der Waals surface area contributed by atoms with Crippen molar-refractivity contribution in [1.82, 2.24) is 4.90 Å². The third kappa shape index (κ3) is 5.18. The number of amides is 1. The molecule has 0 aromatic carbocycles. The van der Waals surface area contributed by atoms with Crippen molar-refractivity contribution in [3.63, 3.8) is 0 Å². The second-order valence-corrected chi connectivity index (χ2v) is 5.53. The summed E-state index contributed by atoms with van der Waals surface area (Å²) in [4.78, 5) is 35.5. The van der Waals surface area contributed by atoms with E-state index in [0.717, 1.165) is 16.7 Å². The van der Waals surface area contributed by atoms with E-state index < -0.39 is 23.1 Å². The average Bonchev–Trinajstić information content (AvgIpc) is 2.64. The number of carbonyl (C=O) groups excluding carboxylic acids is 2. The van der Waals surface area contributed by atoms with Crippen molar-refractivity contribution in [1.29, 1.82) is 0 Å². The zero-order valence-electron chi connectivity index (χ0n) is 12.0. The predicted molar refractivity (Wildman–Crippen MR) is 78.2 cm³/mol. The third-order valence-electron chi connectivity index (χ3n) is 2.31. The van der Waals surface area contributed by atoms with Gasteiger partial charge in [0, 0.05) is 5.71 Å². The van der Waals surface area contributed by atoms with Gasteiger partial charge in [0.1, 0.15) is 11.8 Å². The Morgan fingerprint density at radius 2 is 2.10 bits per heavy atom. The maximum absolute atomic E-state index is 12.1. The number of amidine groups is 1. The summed E-state index contributed by atoms with van der Waals surface area (Å²) in [5.74, 6) is -2.14. The number of esters is 1. The highest BCUT2D eigenvalue weighted by atomic mass is 32.2. The Kier molecular flexibility index (Phi) is 6.35. The molecule has 1 amide bonds. The highest BCUT2D eigenvalue weighted by molar-refractivity contribution is 8.15. The van der Waals surface area contributed by atoms with Crippen molar-refractivity contribution in [3.05, 3.63) is 0 Å². The molecule has 1 saturated heterocycles. The van der Waals surface area contributed by atoms with Crippen molar-refractivity contribution in [2.75, 3.05) is 13.2 Å². The maximum atomic E-state index is 12.1. The number of aliphatic carboxylic acids is 1. The van der Waals surface area contributed by atoms with Crippen molar-refractivity contribution < 1.29 is 24.2 Å². The molecular weight excluding hydrogens is 298 g/mol. The van der Waals surface area contributed by atoms with Crippen molar-refractivity contribution in [3.8, 4) is 0 Å². The monoisotopic (exact) mass is 315 g/mol. The molecule has 9 heteroatoms. The first-order chi connectivity index (χ1) is 9.85. The molecule has 116 valence electrons. The molecule has 1 N–H and O–H groups in total. The molecule has 1 unspecified atom stereocenters. The number of thioether (sulfide) groups is 1. The van der Waals surface area contributed by atoms with Gasteiger partial charge in [-0.2, -0.15) is 5.10 Å². The Morgan fingerprint density at radius 3 is 2.62 bits per heavy atom. The summed E-state index contributed by atoms with van der Waals surface area (Å²) >= 11 is 0.988. The molecule has 1 heterocycles. The van der Waals surface area contributed by atoms with Gasteiger partial charge in [0.05, 0.1) is 13.0 Å². The molecule has 0 aliphatic carbocycles. The molecule has 1 aliphatic heterocycles. The number of ether oxygens (including phenoxy) is 1. The largest absolute Gasteiger partial charge is 0.481 e. The number of hydrogen-bond donors (Lipinski definition) is 1. The average molecular weight is 315 g/mol. The standard InChI is InChI=1S/C12H17N3O5S/c1-4-20-10(18)6-15-11(19)8(5-9(16)17)21-12(15)14-13-7(2)3/h8H,4-6H2,1-3H3,(H,16,17). The van der Waals surface area contributed by atoms with Crippen LogP contribution in [0.15, 0.2) is 10.2 Å². The van der Waals surface area contributed by atoms with Gasteiger partial charge in [-0.1, -0.05) is 11.8 Å². The fourth-order valence-corrected chi connectivity index (χ4v) is 2.58. The Labute approximate surface area is 126 Å². The molecule has 0 aromatic heterocycles. The summed E-state index contributed by atoms with van der Waals surface area (Å²) in [6, 6.07) is 0. The van der Waals surface area contributed by atoms with Gasteiger partial charge in [0.25, 0.3) is 0 Å². The summed E-state index contributed by atoms with van der Waals surface area (Å²) in [7, 11) is 0. The summed E-state index contributed by atoms with van der Waals surface area (Å²) in [5.41, 5.74) is 0.674. The molecule has 1 fully saturated rings. The van der Waals surface area contributed by atoms with Gasteiger partial charge in [-0.25, -0.2) is 0 Å². The van der Waals surface area contributed by atoms with E-state index in [9.17, 15) is 14.4 Å². The second kappa shape index (κ2) is 7.77. The van der Waals surface area contributed by atoms with Gasteiger partial charge in [-0.05, 0) is 20.8 Å². The van der Waals surface area contributed by atoms with Crippen molar-refractivity contribution in [2.45, 2.75) is 32.4 Å². The molecule has 8 nitrogen and oxygen atoms in total. The van der Waals surface area contributed by atoms with Crippen LogP contribution in [0.25, 0.3) is 0 Å². The van der Waals surface area contributed by atoms with Crippen LogP contribution in [0, 0.1) is 0 Å². The summed E-state index contributed by atoms with van der Waals surface area (Å²) < 4.78 is 4.79. The molecule has 0 aromatic rings. The van der Waals surface area contributed by atoms with E-state index in [1.807, 2.05) is 0 Å². The maximum Gasteiger partial charge on any atom is 0.326 e. The molecule has 0 saturated carbocycles. The zero-order valence-corrected chi connectivity index (χ0v) is 12.8. The van der Waals surface area contributed by atoms with Crippen molar-refractivity contribution in [2.24, 2.45) is 10.2 Å². The van der Waals surface area contributed by atoms with Gasteiger partial charge in [0.15, 0.2) is 5.17 Å². The Hall–Kier alpha value is -1.90. The topological polar surface area (TPSA) is 109 Å². The van der Waals surface area contributed by atoms with Gasteiger partial charge >= 0.3 is 11.9 Å². The van der Waals surface area contributed by atoms with Crippen LogP contribution in [0.1, 0.15) is 27.2 Å². The Balaban J connectivity index is 2.93. The number of carboxylic acid groups (broad SMARTS) is 1. The van der Waals surface area contributed by atoms with Crippen LogP contribution in [-0.2, 0) is 19.1 Å². The summed E-state index contributed by atoms with van der Waals surface area (Å²) in [6.45, 7) is 5.02. The van der Waals surface area contributed by atoms with E-state index in [2.05, 4.69) is 10.2 Å². The van der Waals surface area contributed by atoms with Crippen LogP contribution < -0.4 is 0 Å². The Morgan fingerprint density at radius 1 is 1.43 bits per heavy atom. The molecule has 0 bridgehead atoms. The first-order valence-corrected chi connectivity index (χ1v) is 7.17. The Bertz CT molecular complexity index is 499. The van der Waals surface area contributed by atoms with E-state index >= 15 is 0 Å². The normalized spacial score (nSPS) is 19.8.